The van der Waals surface area contributed by atoms with Crippen molar-refractivity contribution in [2.75, 3.05) is 13.7 Å². The fourth-order valence-corrected chi connectivity index (χ4v) is 1.65. The second kappa shape index (κ2) is 6.94. The van der Waals surface area contributed by atoms with E-state index in [4.69, 9.17) is 9.47 Å². The Morgan fingerprint density at radius 1 is 1.29 bits per heavy atom. The summed E-state index contributed by atoms with van der Waals surface area (Å²) in [6.45, 7) is 4.56. The van der Waals surface area contributed by atoms with Gasteiger partial charge in [-0.2, -0.15) is 0 Å². The lowest BCUT2D eigenvalue weighted by atomic mass is 10.1. The number of ether oxygens (including phenoxy) is 2. The van der Waals surface area contributed by atoms with E-state index in [0.717, 1.165) is 24.8 Å². The van der Waals surface area contributed by atoms with Crippen molar-refractivity contribution in [1.29, 1.82) is 0 Å². The SMILES string of the molecule is CCCCOC(=O)c1cccc(CC)c1OC. The number of methoxy groups -OCH3 is 1. The van der Waals surface area contributed by atoms with Crippen LogP contribution in [0.3, 0.4) is 0 Å². The third-order valence-electron chi connectivity index (χ3n) is 2.63. The Bertz CT molecular complexity index is 372. The van der Waals surface area contributed by atoms with Gasteiger partial charge in [-0.1, -0.05) is 32.4 Å². The third kappa shape index (κ3) is 3.48. The third-order valence-corrected chi connectivity index (χ3v) is 2.63. The van der Waals surface area contributed by atoms with E-state index in [-0.39, 0.29) is 5.97 Å². The number of para-hydroxylation sites is 1. The van der Waals surface area contributed by atoms with Crippen LogP contribution in [0.25, 0.3) is 0 Å². The predicted molar refractivity (Wildman–Crippen MR) is 67.6 cm³/mol. The molecule has 0 fully saturated rings. The minimum absolute atomic E-state index is 0.300. The summed E-state index contributed by atoms with van der Waals surface area (Å²) in [4.78, 5) is 11.9. The van der Waals surface area contributed by atoms with Crippen LogP contribution in [0.15, 0.2) is 18.2 Å². The maximum absolute atomic E-state index is 11.9. The monoisotopic (exact) mass is 236 g/mol. The molecule has 0 atom stereocenters. The molecule has 0 amide bonds. The summed E-state index contributed by atoms with van der Waals surface area (Å²) in [5.41, 5.74) is 1.54. The van der Waals surface area contributed by atoms with E-state index < -0.39 is 0 Å². The van der Waals surface area contributed by atoms with Gasteiger partial charge >= 0.3 is 5.97 Å². The molecular formula is C14H20O3. The van der Waals surface area contributed by atoms with Gasteiger partial charge < -0.3 is 9.47 Å². The molecule has 0 aromatic heterocycles. The molecule has 0 aliphatic rings. The topological polar surface area (TPSA) is 35.5 Å². The highest BCUT2D eigenvalue weighted by Gasteiger charge is 2.15. The van der Waals surface area contributed by atoms with E-state index in [1.54, 1.807) is 13.2 Å². The maximum Gasteiger partial charge on any atom is 0.341 e. The van der Waals surface area contributed by atoms with Gasteiger partial charge in [0, 0.05) is 0 Å². The fraction of sp³-hybridized carbons (Fsp3) is 0.500. The first-order valence-corrected chi connectivity index (χ1v) is 6.07. The first-order chi connectivity index (χ1) is 8.24. The number of carbonyl (C=O) groups is 1. The van der Waals surface area contributed by atoms with Gasteiger partial charge in [0.15, 0.2) is 0 Å². The minimum atomic E-state index is -0.300. The fourth-order valence-electron chi connectivity index (χ4n) is 1.65. The normalized spacial score (nSPS) is 10.1. The Balaban J connectivity index is 2.85. The molecule has 0 aliphatic carbocycles. The summed E-state index contributed by atoms with van der Waals surface area (Å²) in [5.74, 6) is 0.335. The number of aryl methyl sites for hydroxylation is 1. The van der Waals surface area contributed by atoms with E-state index in [1.165, 1.54) is 0 Å². The smallest absolute Gasteiger partial charge is 0.341 e. The van der Waals surface area contributed by atoms with Crippen LogP contribution in [0.4, 0.5) is 0 Å². The molecule has 0 N–H and O–H groups in total. The Hall–Kier alpha value is -1.51. The minimum Gasteiger partial charge on any atom is -0.496 e. The van der Waals surface area contributed by atoms with Crippen molar-refractivity contribution in [2.45, 2.75) is 33.1 Å². The molecule has 0 saturated heterocycles. The van der Waals surface area contributed by atoms with Crippen molar-refractivity contribution < 1.29 is 14.3 Å². The molecule has 1 aromatic rings. The number of unbranched alkanes of at least 4 members (excludes halogenated alkanes) is 1. The van der Waals surface area contributed by atoms with Crippen molar-refractivity contribution >= 4 is 5.97 Å². The quantitative estimate of drug-likeness (QED) is 0.562. The van der Waals surface area contributed by atoms with Crippen LogP contribution >= 0.6 is 0 Å². The van der Waals surface area contributed by atoms with E-state index >= 15 is 0 Å². The first-order valence-electron chi connectivity index (χ1n) is 6.07. The number of benzene rings is 1. The molecule has 0 spiro atoms. The first kappa shape index (κ1) is 13.6. The standard InChI is InChI=1S/C14H20O3/c1-4-6-10-17-14(15)12-9-7-8-11(5-2)13(12)16-3/h7-9H,4-6,10H2,1-3H3. The summed E-state index contributed by atoms with van der Waals surface area (Å²) in [5, 5.41) is 0. The average molecular weight is 236 g/mol. The molecule has 0 aliphatic heterocycles. The van der Waals surface area contributed by atoms with Crippen molar-refractivity contribution in [2.24, 2.45) is 0 Å². The molecule has 1 aromatic carbocycles. The van der Waals surface area contributed by atoms with Crippen LogP contribution in [-0.2, 0) is 11.2 Å². The highest BCUT2D eigenvalue weighted by Crippen LogP contribution is 2.25. The Morgan fingerprint density at radius 3 is 2.65 bits per heavy atom. The number of hydrogen-bond donors (Lipinski definition) is 0. The van der Waals surface area contributed by atoms with Gasteiger partial charge in [0.2, 0.25) is 0 Å². The van der Waals surface area contributed by atoms with E-state index in [1.807, 2.05) is 19.1 Å². The van der Waals surface area contributed by atoms with E-state index in [0.29, 0.717) is 17.9 Å². The zero-order valence-corrected chi connectivity index (χ0v) is 10.8. The second-order valence-electron chi connectivity index (χ2n) is 3.84. The molecule has 0 saturated carbocycles. The van der Waals surface area contributed by atoms with Crippen molar-refractivity contribution in [3.63, 3.8) is 0 Å². The highest BCUT2D eigenvalue weighted by molar-refractivity contribution is 5.93. The summed E-state index contributed by atoms with van der Waals surface area (Å²) in [6, 6.07) is 5.56. The Kier molecular flexibility index (Phi) is 5.53. The van der Waals surface area contributed by atoms with Crippen LogP contribution in [0.2, 0.25) is 0 Å². The van der Waals surface area contributed by atoms with Gasteiger partial charge in [0.25, 0.3) is 0 Å². The van der Waals surface area contributed by atoms with Crippen LogP contribution < -0.4 is 4.74 Å². The highest BCUT2D eigenvalue weighted by atomic mass is 16.5. The maximum atomic E-state index is 11.9. The van der Waals surface area contributed by atoms with Crippen LogP contribution in [0.5, 0.6) is 5.75 Å². The lowest BCUT2D eigenvalue weighted by molar-refractivity contribution is 0.0496. The zero-order valence-electron chi connectivity index (χ0n) is 10.8. The molecule has 0 bridgehead atoms. The summed E-state index contributed by atoms with van der Waals surface area (Å²) in [7, 11) is 1.58. The largest absolute Gasteiger partial charge is 0.496 e. The van der Waals surface area contributed by atoms with Gasteiger partial charge in [0.05, 0.1) is 13.7 Å². The lowest BCUT2D eigenvalue weighted by Crippen LogP contribution is -2.09. The predicted octanol–water partition coefficient (Wildman–Crippen LogP) is 3.21. The number of rotatable bonds is 6. The zero-order chi connectivity index (χ0) is 12.7. The van der Waals surface area contributed by atoms with Crippen molar-refractivity contribution in [3.8, 4) is 5.75 Å². The number of esters is 1. The number of carbonyl (C=O) groups excluding carboxylic acids is 1. The second-order valence-corrected chi connectivity index (χ2v) is 3.84. The van der Waals surface area contributed by atoms with Gasteiger partial charge in [-0.25, -0.2) is 4.79 Å². The van der Waals surface area contributed by atoms with Gasteiger partial charge in [0.1, 0.15) is 11.3 Å². The summed E-state index contributed by atoms with van der Waals surface area (Å²) >= 11 is 0. The van der Waals surface area contributed by atoms with Crippen molar-refractivity contribution in [3.05, 3.63) is 29.3 Å². The molecule has 3 heteroatoms. The van der Waals surface area contributed by atoms with Crippen molar-refractivity contribution in [1.82, 2.24) is 0 Å². The summed E-state index contributed by atoms with van der Waals surface area (Å²) in [6.07, 6.45) is 2.74. The van der Waals surface area contributed by atoms with Crippen LogP contribution in [-0.4, -0.2) is 19.7 Å². The molecule has 1 rings (SSSR count). The van der Waals surface area contributed by atoms with Gasteiger partial charge in [-0.05, 0) is 24.5 Å². The molecule has 3 nitrogen and oxygen atoms in total. The lowest BCUT2D eigenvalue weighted by Gasteiger charge is -2.11. The molecule has 17 heavy (non-hydrogen) atoms. The van der Waals surface area contributed by atoms with E-state index in [9.17, 15) is 4.79 Å². The molecule has 0 unspecified atom stereocenters. The average Bonchev–Trinajstić information content (AvgIpc) is 2.37. The Morgan fingerprint density at radius 2 is 2.06 bits per heavy atom. The molecule has 0 radical (unpaired) electrons. The van der Waals surface area contributed by atoms with Crippen LogP contribution in [0.1, 0.15) is 42.6 Å². The van der Waals surface area contributed by atoms with Gasteiger partial charge in [-0.3, -0.25) is 0 Å². The van der Waals surface area contributed by atoms with E-state index in [2.05, 4.69) is 6.92 Å². The van der Waals surface area contributed by atoms with Gasteiger partial charge in [-0.15, -0.1) is 0 Å². The molecule has 94 valence electrons. The van der Waals surface area contributed by atoms with Crippen LogP contribution in [0, 0.1) is 0 Å². The number of hydrogen-bond acceptors (Lipinski definition) is 3. The molecule has 0 heterocycles. The molecular weight excluding hydrogens is 216 g/mol. The summed E-state index contributed by atoms with van der Waals surface area (Å²) < 4.78 is 10.5. The Labute approximate surface area is 103 Å².